The maximum atomic E-state index is 12.7. The lowest BCUT2D eigenvalue weighted by Gasteiger charge is -2.19. The zero-order valence-electron chi connectivity index (χ0n) is 26.8. The summed E-state index contributed by atoms with van der Waals surface area (Å²) in [4.78, 5) is 25.3. The number of benzene rings is 2. The minimum Gasteiger partial charge on any atom is -0.366 e. The zero-order chi connectivity index (χ0) is 32.2. The van der Waals surface area contributed by atoms with Crippen LogP contribution in [0.15, 0.2) is 72.8 Å². The molecule has 234 valence electrons. The molecule has 4 aromatic rings. The Bertz CT molecular complexity index is 1480. The van der Waals surface area contributed by atoms with Gasteiger partial charge < -0.3 is 21.3 Å². The summed E-state index contributed by atoms with van der Waals surface area (Å²) in [5.74, 6) is 1.66. The van der Waals surface area contributed by atoms with Gasteiger partial charge in [-0.3, -0.25) is 9.59 Å². The molecule has 2 atom stereocenters. The van der Waals surface area contributed by atoms with Crippen LogP contribution in [0.2, 0.25) is 0 Å². The molecule has 0 bridgehead atoms. The minimum absolute atomic E-state index is 0.0269. The van der Waals surface area contributed by atoms with Crippen molar-refractivity contribution < 1.29 is 9.59 Å². The first kappa shape index (κ1) is 31.6. The van der Waals surface area contributed by atoms with Crippen LogP contribution in [0.25, 0.3) is 0 Å². The van der Waals surface area contributed by atoms with Gasteiger partial charge in [-0.15, -0.1) is 20.4 Å². The predicted molar refractivity (Wildman–Crippen MR) is 179 cm³/mol. The molecule has 2 heterocycles. The van der Waals surface area contributed by atoms with Gasteiger partial charge in [0.1, 0.15) is 11.6 Å². The molecule has 0 unspecified atom stereocenters. The van der Waals surface area contributed by atoms with Crippen LogP contribution in [-0.4, -0.2) is 44.3 Å². The van der Waals surface area contributed by atoms with Crippen molar-refractivity contribution in [2.24, 2.45) is 0 Å². The maximum Gasteiger partial charge on any atom is 0.256 e. The smallest absolute Gasteiger partial charge is 0.256 e. The van der Waals surface area contributed by atoms with E-state index in [0.29, 0.717) is 34.4 Å². The normalized spacial score (nSPS) is 16.6. The van der Waals surface area contributed by atoms with Crippen LogP contribution in [0, 0.1) is 0 Å². The third kappa shape index (κ3) is 8.41. The molecule has 1 aliphatic carbocycles. The third-order valence-electron chi connectivity index (χ3n) is 7.98. The molecule has 2 aromatic carbocycles. The molecule has 0 radical (unpaired) electrons. The van der Waals surface area contributed by atoms with E-state index in [1.807, 2.05) is 60.7 Å². The maximum absolute atomic E-state index is 12.7. The Labute approximate surface area is 264 Å². The highest BCUT2D eigenvalue weighted by Crippen LogP contribution is 2.26. The van der Waals surface area contributed by atoms with Crippen molar-refractivity contribution in [1.82, 2.24) is 20.4 Å². The molecular formula is C35H42N8O2. The molecule has 0 saturated heterocycles. The largest absolute Gasteiger partial charge is 0.366 e. The van der Waals surface area contributed by atoms with Crippen molar-refractivity contribution in [3.05, 3.63) is 95.1 Å². The first-order valence-corrected chi connectivity index (χ1v) is 15.4. The fourth-order valence-electron chi connectivity index (χ4n) is 5.23. The molecular weight excluding hydrogens is 564 g/mol. The van der Waals surface area contributed by atoms with Crippen LogP contribution in [0.4, 0.5) is 23.3 Å². The van der Waals surface area contributed by atoms with E-state index in [1.165, 1.54) is 11.1 Å². The predicted octanol–water partition coefficient (Wildman–Crippen LogP) is 6.81. The summed E-state index contributed by atoms with van der Waals surface area (Å²) in [6.07, 6.45) is 2.78. The fourth-order valence-corrected chi connectivity index (χ4v) is 5.23. The lowest BCUT2D eigenvalue weighted by atomic mass is 9.86. The fraction of sp³-hybridized carbons (Fsp3) is 0.371. The van der Waals surface area contributed by atoms with E-state index in [2.05, 4.69) is 83.2 Å². The number of nitrogens with zero attached hydrogens (tertiary/aromatic N) is 4. The summed E-state index contributed by atoms with van der Waals surface area (Å²) >= 11 is 0. The highest BCUT2D eigenvalue weighted by molar-refractivity contribution is 6.04. The van der Waals surface area contributed by atoms with Crippen LogP contribution >= 0.6 is 0 Å². The molecule has 45 heavy (non-hydrogen) atoms. The molecule has 2 amide bonds. The number of hydrogen-bond acceptors (Lipinski definition) is 8. The average Bonchev–Trinajstić information content (AvgIpc) is 3.44. The van der Waals surface area contributed by atoms with Gasteiger partial charge in [-0.05, 0) is 89.8 Å². The van der Waals surface area contributed by atoms with Crippen molar-refractivity contribution in [3.8, 4) is 0 Å². The Morgan fingerprint density at radius 1 is 0.533 bits per heavy atom. The molecule has 1 aliphatic rings. The molecule has 0 aliphatic heterocycles. The van der Waals surface area contributed by atoms with Gasteiger partial charge in [-0.2, -0.15) is 0 Å². The second-order valence-electron chi connectivity index (χ2n) is 13.7. The molecule has 2 aromatic heterocycles. The summed E-state index contributed by atoms with van der Waals surface area (Å²) in [6.45, 7) is 12.8. The number of carbonyl (C=O) groups is 2. The van der Waals surface area contributed by atoms with Crippen molar-refractivity contribution in [1.29, 1.82) is 0 Å². The van der Waals surface area contributed by atoms with Gasteiger partial charge in [0, 0.05) is 23.2 Å². The first-order valence-electron chi connectivity index (χ1n) is 15.4. The summed E-state index contributed by atoms with van der Waals surface area (Å²) in [5, 5.41) is 29.4. The Hall–Kier alpha value is -4.86. The standard InChI is InChI=1S/C35H42N8O2/c1-34(2,3)24-11-7-22(8-12-24)32(44)38-30-19-17-28(40-42-30)36-26-15-16-27(21-26)37-29-18-20-31(43-41-29)39-33(45)23-9-13-25(14-10-23)35(4,5)6/h7-14,17-20,26-27H,15-16,21H2,1-6H3,(H,36,40)(H,37,41)(H,38,42,44)(H,39,43,45)/t26-,27+. The third-order valence-corrected chi connectivity index (χ3v) is 7.98. The van der Waals surface area contributed by atoms with Crippen molar-refractivity contribution in [3.63, 3.8) is 0 Å². The number of hydrogen-bond donors (Lipinski definition) is 4. The van der Waals surface area contributed by atoms with Gasteiger partial charge in [-0.25, -0.2) is 0 Å². The van der Waals surface area contributed by atoms with E-state index in [9.17, 15) is 9.59 Å². The molecule has 5 rings (SSSR count). The molecule has 10 heteroatoms. The quantitative estimate of drug-likeness (QED) is 0.172. The SMILES string of the molecule is CC(C)(C)c1ccc(C(=O)Nc2ccc(N[C@@H]3CC[C@H](Nc4ccc(NC(=O)c5ccc(C(C)(C)C)cc5)nn4)C3)nn2)cc1. The van der Waals surface area contributed by atoms with E-state index in [1.54, 1.807) is 12.1 Å². The highest BCUT2D eigenvalue weighted by atomic mass is 16.2. The number of rotatable bonds is 8. The van der Waals surface area contributed by atoms with Crippen LogP contribution in [-0.2, 0) is 10.8 Å². The van der Waals surface area contributed by atoms with Crippen LogP contribution in [0.5, 0.6) is 0 Å². The number of carbonyl (C=O) groups excluding carboxylic acids is 2. The van der Waals surface area contributed by atoms with Crippen LogP contribution < -0.4 is 21.3 Å². The number of aromatic nitrogens is 4. The van der Waals surface area contributed by atoms with E-state index in [4.69, 9.17) is 0 Å². The average molecular weight is 607 g/mol. The molecule has 1 saturated carbocycles. The monoisotopic (exact) mass is 606 g/mol. The number of anilines is 4. The van der Waals surface area contributed by atoms with E-state index < -0.39 is 0 Å². The van der Waals surface area contributed by atoms with Gasteiger partial charge in [0.25, 0.3) is 11.8 Å². The second kappa shape index (κ2) is 13.0. The van der Waals surface area contributed by atoms with Crippen LogP contribution in [0.3, 0.4) is 0 Å². The summed E-state index contributed by atoms with van der Waals surface area (Å²) < 4.78 is 0. The van der Waals surface area contributed by atoms with Gasteiger partial charge in [0.2, 0.25) is 0 Å². The van der Waals surface area contributed by atoms with Gasteiger partial charge in [0.05, 0.1) is 0 Å². The lowest BCUT2D eigenvalue weighted by Crippen LogP contribution is -2.22. The van der Waals surface area contributed by atoms with E-state index >= 15 is 0 Å². The van der Waals surface area contributed by atoms with Gasteiger partial charge >= 0.3 is 0 Å². The molecule has 1 fully saturated rings. The number of amides is 2. The van der Waals surface area contributed by atoms with Crippen molar-refractivity contribution in [2.45, 2.75) is 83.7 Å². The summed E-state index contributed by atoms with van der Waals surface area (Å²) in [5.41, 5.74) is 3.54. The van der Waals surface area contributed by atoms with Crippen molar-refractivity contribution >= 4 is 35.1 Å². The van der Waals surface area contributed by atoms with E-state index in [0.717, 1.165) is 19.3 Å². The Balaban J connectivity index is 1.07. The number of nitrogens with one attached hydrogen (secondary N) is 4. The topological polar surface area (TPSA) is 134 Å². The molecule has 10 nitrogen and oxygen atoms in total. The zero-order valence-corrected chi connectivity index (χ0v) is 26.8. The summed E-state index contributed by atoms with van der Waals surface area (Å²) in [7, 11) is 0. The summed E-state index contributed by atoms with van der Waals surface area (Å²) in [6, 6.07) is 22.8. The molecule has 0 spiro atoms. The Morgan fingerprint density at radius 2 is 0.867 bits per heavy atom. The second-order valence-corrected chi connectivity index (χ2v) is 13.7. The highest BCUT2D eigenvalue weighted by Gasteiger charge is 2.25. The van der Waals surface area contributed by atoms with Gasteiger partial charge in [0.15, 0.2) is 11.6 Å². The van der Waals surface area contributed by atoms with Crippen molar-refractivity contribution in [2.75, 3.05) is 21.3 Å². The van der Waals surface area contributed by atoms with Gasteiger partial charge in [-0.1, -0.05) is 65.8 Å². The first-order chi connectivity index (χ1) is 21.3. The minimum atomic E-state index is -0.223. The van der Waals surface area contributed by atoms with E-state index in [-0.39, 0.29) is 34.7 Å². The lowest BCUT2D eigenvalue weighted by molar-refractivity contribution is 0.101. The molecule has 4 N–H and O–H groups in total. The Morgan fingerprint density at radius 3 is 1.18 bits per heavy atom. The van der Waals surface area contributed by atoms with Crippen LogP contribution in [0.1, 0.15) is 92.6 Å². The Kier molecular flexibility index (Phi) is 9.13.